The Labute approximate surface area is 184 Å². The van der Waals surface area contributed by atoms with Crippen LogP contribution in [0.5, 0.6) is 17.2 Å². The molecule has 0 saturated carbocycles. The third-order valence-electron chi connectivity index (χ3n) is 4.52. The highest BCUT2D eigenvalue weighted by atomic mass is 16.5. The summed E-state index contributed by atoms with van der Waals surface area (Å²) in [5.41, 5.74) is 1.34. The second-order valence-corrected chi connectivity index (χ2v) is 8.32. The predicted molar refractivity (Wildman–Crippen MR) is 119 cm³/mol. The fraction of sp³-hybridized carbons (Fsp3) is 0.440. The number of aromatic hydroxyl groups is 1. The van der Waals surface area contributed by atoms with Crippen LogP contribution in [0.15, 0.2) is 36.4 Å². The summed E-state index contributed by atoms with van der Waals surface area (Å²) in [7, 11) is 1.34. The molecule has 6 nitrogen and oxygen atoms in total. The van der Waals surface area contributed by atoms with E-state index < -0.39 is 0 Å². The topological polar surface area (TPSA) is 82.1 Å². The molecule has 0 aliphatic rings. The number of phenols is 1. The lowest BCUT2D eigenvalue weighted by Gasteiger charge is -2.15. The minimum atomic E-state index is -0.332. The molecule has 1 N–H and O–H groups in total. The largest absolute Gasteiger partial charge is 0.507 e. The van der Waals surface area contributed by atoms with Gasteiger partial charge in [0.2, 0.25) is 0 Å². The number of methoxy groups -OCH3 is 1. The molecule has 2 aromatic carbocycles. The lowest BCUT2D eigenvalue weighted by Crippen LogP contribution is -2.10. The third kappa shape index (κ3) is 7.31. The van der Waals surface area contributed by atoms with Gasteiger partial charge in [-0.15, -0.1) is 0 Å². The third-order valence-corrected chi connectivity index (χ3v) is 4.52. The van der Waals surface area contributed by atoms with Gasteiger partial charge >= 0.3 is 5.97 Å². The van der Waals surface area contributed by atoms with Gasteiger partial charge in [0.1, 0.15) is 17.2 Å². The first kappa shape index (κ1) is 24.3. The van der Waals surface area contributed by atoms with E-state index in [4.69, 9.17) is 14.2 Å². The zero-order valence-corrected chi connectivity index (χ0v) is 18.9. The van der Waals surface area contributed by atoms with Crippen LogP contribution in [-0.4, -0.2) is 37.2 Å². The molecule has 0 aliphatic carbocycles. The van der Waals surface area contributed by atoms with Crippen LogP contribution in [0.1, 0.15) is 55.6 Å². The van der Waals surface area contributed by atoms with Crippen LogP contribution >= 0.6 is 0 Å². The van der Waals surface area contributed by atoms with Gasteiger partial charge in [0.25, 0.3) is 0 Å². The van der Waals surface area contributed by atoms with Gasteiger partial charge in [-0.2, -0.15) is 0 Å². The molecule has 0 aliphatic heterocycles. The molecule has 6 heteroatoms. The van der Waals surface area contributed by atoms with Gasteiger partial charge < -0.3 is 19.3 Å². The molecule has 0 atom stereocenters. The normalized spacial score (nSPS) is 10.9. The van der Waals surface area contributed by atoms with E-state index in [1.54, 1.807) is 30.3 Å². The highest BCUT2D eigenvalue weighted by Gasteiger charge is 2.17. The number of aryl methyl sites for hydroxylation is 1. The number of phenolic OH excluding ortho intramolecular Hbond substituents is 1. The van der Waals surface area contributed by atoms with Crippen LogP contribution in [0.25, 0.3) is 0 Å². The summed E-state index contributed by atoms with van der Waals surface area (Å²) in [6.07, 6.45) is 0.564. The molecule has 31 heavy (non-hydrogen) atoms. The van der Waals surface area contributed by atoms with E-state index in [-0.39, 0.29) is 29.5 Å². The highest BCUT2D eigenvalue weighted by molar-refractivity contribution is 6.10. The number of carbonyl (C=O) groups is 2. The number of rotatable bonds is 11. The summed E-state index contributed by atoms with van der Waals surface area (Å²) in [4.78, 5) is 24.6. The van der Waals surface area contributed by atoms with Gasteiger partial charge in [0.05, 0.1) is 25.9 Å². The summed E-state index contributed by atoms with van der Waals surface area (Å²) in [6.45, 7) is 9.20. The minimum absolute atomic E-state index is 0.137. The van der Waals surface area contributed by atoms with Crippen molar-refractivity contribution < 1.29 is 28.9 Å². The van der Waals surface area contributed by atoms with Gasteiger partial charge in [-0.3, -0.25) is 9.59 Å². The van der Waals surface area contributed by atoms with Gasteiger partial charge in [-0.25, -0.2) is 0 Å². The first-order valence-electron chi connectivity index (χ1n) is 10.5. The monoisotopic (exact) mass is 428 g/mol. The number of esters is 1. The number of hydrogen-bond donors (Lipinski definition) is 1. The molecule has 0 fully saturated rings. The van der Waals surface area contributed by atoms with Crippen LogP contribution in [-0.2, 0) is 16.0 Å². The quantitative estimate of drug-likeness (QED) is 0.409. The predicted octanol–water partition coefficient (Wildman–Crippen LogP) is 4.80. The van der Waals surface area contributed by atoms with E-state index in [0.717, 1.165) is 5.56 Å². The zero-order chi connectivity index (χ0) is 23.0. The van der Waals surface area contributed by atoms with Gasteiger partial charge in [0, 0.05) is 18.1 Å². The minimum Gasteiger partial charge on any atom is -0.507 e. The molecule has 2 aromatic rings. The van der Waals surface area contributed by atoms with Crippen molar-refractivity contribution in [3.63, 3.8) is 0 Å². The van der Waals surface area contributed by atoms with E-state index in [1.807, 2.05) is 27.7 Å². The zero-order valence-electron chi connectivity index (χ0n) is 18.9. The van der Waals surface area contributed by atoms with Crippen LogP contribution < -0.4 is 9.47 Å². The molecule has 0 unspecified atom stereocenters. The second kappa shape index (κ2) is 11.4. The Morgan fingerprint density at radius 2 is 1.61 bits per heavy atom. The molecule has 0 heterocycles. The van der Waals surface area contributed by atoms with Crippen molar-refractivity contribution in [2.75, 3.05) is 20.3 Å². The molecule has 0 amide bonds. The summed E-state index contributed by atoms with van der Waals surface area (Å²) < 4.78 is 16.2. The molecule has 0 bridgehead atoms. The van der Waals surface area contributed by atoms with Crippen molar-refractivity contribution in [1.29, 1.82) is 0 Å². The smallest absolute Gasteiger partial charge is 0.305 e. The fourth-order valence-electron chi connectivity index (χ4n) is 2.86. The fourth-order valence-corrected chi connectivity index (χ4v) is 2.86. The first-order valence-corrected chi connectivity index (χ1v) is 10.5. The number of hydrogen-bond acceptors (Lipinski definition) is 6. The number of benzene rings is 2. The Hall–Kier alpha value is -3.02. The van der Waals surface area contributed by atoms with Crippen LogP contribution in [0, 0.1) is 11.8 Å². The van der Waals surface area contributed by atoms with E-state index in [2.05, 4.69) is 0 Å². The Kier molecular flexibility index (Phi) is 8.91. The Balaban J connectivity index is 2.27. The number of ether oxygens (including phenoxy) is 3. The molecule has 0 saturated heterocycles. The van der Waals surface area contributed by atoms with Crippen LogP contribution in [0.3, 0.4) is 0 Å². The van der Waals surface area contributed by atoms with E-state index in [9.17, 15) is 14.7 Å². The van der Waals surface area contributed by atoms with Crippen molar-refractivity contribution >= 4 is 11.8 Å². The van der Waals surface area contributed by atoms with Gasteiger partial charge in [-0.05, 0) is 54.2 Å². The second-order valence-electron chi connectivity index (χ2n) is 8.32. The SMILES string of the molecule is COC(=O)CCc1cc(C(=O)c2ccc(OCC(C)C)cc2O)ccc1OCC(C)C. The Bertz CT molecular complexity index is 901. The molecule has 168 valence electrons. The maximum Gasteiger partial charge on any atom is 0.305 e. The van der Waals surface area contributed by atoms with Gasteiger partial charge in [-0.1, -0.05) is 27.7 Å². The molecule has 0 aromatic heterocycles. The first-order chi connectivity index (χ1) is 14.7. The molecular formula is C25H32O6. The summed E-state index contributed by atoms with van der Waals surface area (Å²) in [5.74, 6) is 1.05. The molecular weight excluding hydrogens is 396 g/mol. The van der Waals surface area contributed by atoms with E-state index in [0.29, 0.717) is 48.5 Å². The van der Waals surface area contributed by atoms with Crippen molar-refractivity contribution in [2.24, 2.45) is 11.8 Å². The average Bonchev–Trinajstić information content (AvgIpc) is 2.74. The van der Waals surface area contributed by atoms with Crippen molar-refractivity contribution in [3.8, 4) is 17.2 Å². The van der Waals surface area contributed by atoms with Gasteiger partial charge in [0.15, 0.2) is 5.78 Å². The molecule has 2 rings (SSSR count). The standard InChI is InChI=1S/C25H32O6/c1-16(2)14-30-20-8-9-21(22(26)13-20)25(28)19-6-10-23(31-15-17(3)4)18(12-19)7-11-24(27)29-5/h6,8-10,12-13,16-17,26H,7,11,14-15H2,1-5H3. The Morgan fingerprint density at radius 1 is 0.935 bits per heavy atom. The maximum absolute atomic E-state index is 13.0. The summed E-state index contributed by atoms with van der Waals surface area (Å²) in [5, 5.41) is 10.4. The average molecular weight is 429 g/mol. The molecule has 0 spiro atoms. The molecule has 0 radical (unpaired) electrons. The van der Waals surface area contributed by atoms with Crippen LogP contribution in [0.2, 0.25) is 0 Å². The van der Waals surface area contributed by atoms with Crippen molar-refractivity contribution in [3.05, 3.63) is 53.1 Å². The Morgan fingerprint density at radius 3 is 2.23 bits per heavy atom. The van der Waals surface area contributed by atoms with Crippen LogP contribution in [0.4, 0.5) is 0 Å². The summed E-state index contributed by atoms with van der Waals surface area (Å²) in [6, 6.07) is 9.80. The van der Waals surface area contributed by atoms with Crippen molar-refractivity contribution in [2.45, 2.75) is 40.5 Å². The number of carbonyl (C=O) groups excluding carboxylic acids is 2. The summed E-state index contributed by atoms with van der Waals surface area (Å²) >= 11 is 0. The lowest BCUT2D eigenvalue weighted by molar-refractivity contribution is -0.140. The van der Waals surface area contributed by atoms with E-state index >= 15 is 0 Å². The van der Waals surface area contributed by atoms with Crippen molar-refractivity contribution in [1.82, 2.24) is 0 Å². The maximum atomic E-state index is 13.0. The van der Waals surface area contributed by atoms with E-state index in [1.165, 1.54) is 13.2 Å². The highest BCUT2D eigenvalue weighted by Crippen LogP contribution is 2.29. The number of ketones is 1. The lowest BCUT2D eigenvalue weighted by atomic mass is 9.98.